The van der Waals surface area contributed by atoms with Gasteiger partial charge in [0.15, 0.2) is 0 Å². The number of thioether (sulfide) groups is 1. The molecule has 2 unspecified atom stereocenters. The molecule has 6 heteroatoms. The highest BCUT2D eigenvalue weighted by Crippen LogP contribution is 2.29. The highest BCUT2D eigenvalue weighted by molar-refractivity contribution is 7.99. The van der Waals surface area contributed by atoms with Crippen molar-refractivity contribution in [2.45, 2.75) is 50.9 Å². The number of aromatic nitrogens is 2. The van der Waals surface area contributed by atoms with Crippen LogP contribution in [-0.2, 0) is 6.54 Å². The van der Waals surface area contributed by atoms with Crippen LogP contribution in [0.5, 0.6) is 0 Å². The molecule has 1 aromatic rings. The lowest BCUT2D eigenvalue weighted by Crippen LogP contribution is -2.19. The van der Waals surface area contributed by atoms with Gasteiger partial charge in [0.1, 0.15) is 0 Å². The third-order valence-electron chi connectivity index (χ3n) is 3.34. The van der Waals surface area contributed by atoms with Crippen LogP contribution >= 0.6 is 11.8 Å². The molecule has 0 aromatic carbocycles. The Morgan fingerprint density at radius 2 is 2.21 bits per heavy atom. The standard InChI is InChI=1S/C13H24N4OS/c1-9(2)7-14-8-12-16-17-13(18-12)15-10-4-5-11(6-10)19-3/h9-11,14H,4-8H2,1-3H3,(H,15,17). The molecule has 1 saturated carbocycles. The monoisotopic (exact) mass is 284 g/mol. The highest BCUT2D eigenvalue weighted by Gasteiger charge is 2.25. The molecule has 0 saturated heterocycles. The van der Waals surface area contributed by atoms with Gasteiger partial charge in [-0.1, -0.05) is 18.9 Å². The Balaban J connectivity index is 1.74. The summed E-state index contributed by atoms with van der Waals surface area (Å²) in [6.45, 7) is 5.96. The normalized spacial score (nSPS) is 23.2. The first-order valence-electron chi connectivity index (χ1n) is 6.99. The molecule has 1 heterocycles. The smallest absolute Gasteiger partial charge is 0.315 e. The second kappa shape index (κ2) is 7.14. The van der Waals surface area contributed by atoms with E-state index in [1.54, 1.807) is 0 Å². The van der Waals surface area contributed by atoms with Crippen molar-refractivity contribution in [2.24, 2.45) is 5.92 Å². The van der Waals surface area contributed by atoms with E-state index in [0.717, 1.165) is 11.8 Å². The maximum Gasteiger partial charge on any atom is 0.315 e. The molecular weight excluding hydrogens is 260 g/mol. The van der Waals surface area contributed by atoms with Crippen LogP contribution in [0, 0.1) is 5.92 Å². The molecular formula is C13H24N4OS. The minimum absolute atomic E-state index is 0.481. The second-order valence-electron chi connectivity index (χ2n) is 5.54. The Morgan fingerprint density at radius 3 is 2.89 bits per heavy atom. The van der Waals surface area contributed by atoms with E-state index >= 15 is 0 Å². The number of nitrogens with zero attached hydrogens (tertiary/aromatic N) is 2. The van der Waals surface area contributed by atoms with Crippen LogP contribution in [0.4, 0.5) is 6.01 Å². The van der Waals surface area contributed by atoms with Crippen LogP contribution in [0.25, 0.3) is 0 Å². The summed E-state index contributed by atoms with van der Waals surface area (Å²) in [4.78, 5) is 0. The van der Waals surface area contributed by atoms with Crippen LogP contribution in [0.2, 0.25) is 0 Å². The van der Waals surface area contributed by atoms with Gasteiger partial charge in [-0.3, -0.25) is 0 Å². The molecule has 0 aliphatic heterocycles. The molecule has 5 nitrogen and oxygen atoms in total. The average molecular weight is 284 g/mol. The fourth-order valence-corrected chi connectivity index (χ4v) is 3.11. The summed E-state index contributed by atoms with van der Waals surface area (Å²) in [7, 11) is 0. The van der Waals surface area contributed by atoms with Crippen molar-refractivity contribution in [1.29, 1.82) is 0 Å². The molecule has 1 aromatic heterocycles. The van der Waals surface area contributed by atoms with Gasteiger partial charge in [-0.05, 0) is 38.0 Å². The molecule has 0 radical (unpaired) electrons. The van der Waals surface area contributed by atoms with Gasteiger partial charge in [-0.2, -0.15) is 11.8 Å². The molecule has 2 rings (SSSR count). The Kier molecular flexibility index (Phi) is 5.51. The van der Waals surface area contributed by atoms with Crippen molar-refractivity contribution in [1.82, 2.24) is 15.5 Å². The number of anilines is 1. The quantitative estimate of drug-likeness (QED) is 0.802. The summed E-state index contributed by atoms with van der Waals surface area (Å²) in [5.74, 6) is 1.28. The molecule has 0 spiro atoms. The topological polar surface area (TPSA) is 63.0 Å². The van der Waals surface area contributed by atoms with Crippen LogP contribution in [0.15, 0.2) is 4.42 Å². The third kappa shape index (κ3) is 4.69. The fraction of sp³-hybridized carbons (Fsp3) is 0.846. The first-order chi connectivity index (χ1) is 9.17. The molecule has 0 amide bonds. The predicted molar refractivity (Wildman–Crippen MR) is 79.4 cm³/mol. The molecule has 1 aliphatic rings. The summed E-state index contributed by atoms with van der Waals surface area (Å²) in [5.41, 5.74) is 0. The SMILES string of the molecule is CSC1CCC(Nc2nnc(CNCC(C)C)o2)C1. The summed E-state index contributed by atoms with van der Waals surface area (Å²) in [6, 6.07) is 1.04. The maximum absolute atomic E-state index is 5.59. The lowest BCUT2D eigenvalue weighted by Gasteiger charge is -2.09. The lowest BCUT2D eigenvalue weighted by atomic mass is 10.2. The Labute approximate surface area is 119 Å². The Hall–Kier alpha value is -0.750. The van der Waals surface area contributed by atoms with Gasteiger partial charge in [-0.15, -0.1) is 5.10 Å². The minimum Gasteiger partial charge on any atom is -0.407 e. The number of hydrogen-bond acceptors (Lipinski definition) is 6. The van der Waals surface area contributed by atoms with E-state index in [1.165, 1.54) is 19.3 Å². The zero-order chi connectivity index (χ0) is 13.7. The molecule has 1 aliphatic carbocycles. The van der Waals surface area contributed by atoms with Gasteiger partial charge in [-0.25, -0.2) is 0 Å². The van der Waals surface area contributed by atoms with Crippen molar-refractivity contribution in [3.63, 3.8) is 0 Å². The summed E-state index contributed by atoms with van der Waals surface area (Å²) >= 11 is 1.95. The molecule has 19 heavy (non-hydrogen) atoms. The summed E-state index contributed by atoms with van der Waals surface area (Å²) in [5, 5.41) is 15.5. The van der Waals surface area contributed by atoms with Gasteiger partial charge >= 0.3 is 6.01 Å². The average Bonchev–Trinajstić information content (AvgIpc) is 2.99. The van der Waals surface area contributed by atoms with Crippen molar-refractivity contribution < 1.29 is 4.42 Å². The van der Waals surface area contributed by atoms with Gasteiger partial charge in [0, 0.05) is 11.3 Å². The van der Waals surface area contributed by atoms with Crippen LogP contribution in [0.3, 0.4) is 0 Å². The highest BCUT2D eigenvalue weighted by atomic mass is 32.2. The van der Waals surface area contributed by atoms with Crippen molar-refractivity contribution >= 4 is 17.8 Å². The molecule has 0 bridgehead atoms. The predicted octanol–water partition coefficient (Wildman–Crippen LogP) is 2.51. The summed E-state index contributed by atoms with van der Waals surface area (Å²) < 4.78 is 5.59. The van der Waals surface area contributed by atoms with Crippen LogP contribution in [0.1, 0.15) is 39.0 Å². The molecule has 1 fully saturated rings. The van der Waals surface area contributed by atoms with Gasteiger partial charge in [0.25, 0.3) is 0 Å². The largest absolute Gasteiger partial charge is 0.407 e. The first kappa shape index (κ1) is 14.7. The first-order valence-corrected chi connectivity index (χ1v) is 8.28. The molecule has 2 N–H and O–H groups in total. The van der Waals surface area contributed by atoms with Crippen LogP contribution < -0.4 is 10.6 Å². The molecule has 2 atom stereocenters. The van der Waals surface area contributed by atoms with Gasteiger partial charge in [0.2, 0.25) is 5.89 Å². The van der Waals surface area contributed by atoms with Crippen molar-refractivity contribution in [3.05, 3.63) is 5.89 Å². The third-order valence-corrected chi connectivity index (χ3v) is 4.44. The van der Waals surface area contributed by atoms with E-state index in [4.69, 9.17) is 4.42 Å². The zero-order valence-corrected chi connectivity index (χ0v) is 12.8. The van der Waals surface area contributed by atoms with Gasteiger partial charge < -0.3 is 15.1 Å². The van der Waals surface area contributed by atoms with E-state index < -0.39 is 0 Å². The number of hydrogen-bond donors (Lipinski definition) is 2. The van der Waals surface area contributed by atoms with E-state index in [9.17, 15) is 0 Å². The van der Waals surface area contributed by atoms with Gasteiger partial charge in [0.05, 0.1) is 6.54 Å². The van der Waals surface area contributed by atoms with Crippen molar-refractivity contribution in [2.75, 3.05) is 18.1 Å². The Bertz CT molecular complexity index is 382. The lowest BCUT2D eigenvalue weighted by molar-refractivity contribution is 0.455. The number of nitrogens with one attached hydrogen (secondary N) is 2. The van der Waals surface area contributed by atoms with E-state index in [-0.39, 0.29) is 0 Å². The maximum atomic E-state index is 5.59. The van der Waals surface area contributed by atoms with E-state index in [1.807, 2.05) is 11.8 Å². The Morgan fingerprint density at radius 1 is 1.37 bits per heavy atom. The fourth-order valence-electron chi connectivity index (χ4n) is 2.31. The van der Waals surface area contributed by atoms with Crippen molar-refractivity contribution in [3.8, 4) is 0 Å². The summed E-state index contributed by atoms with van der Waals surface area (Å²) in [6.07, 6.45) is 5.83. The van der Waals surface area contributed by atoms with E-state index in [2.05, 4.69) is 40.9 Å². The van der Waals surface area contributed by atoms with E-state index in [0.29, 0.717) is 30.4 Å². The second-order valence-corrected chi connectivity index (χ2v) is 6.68. The molecule has 108 valence electrons. The van der Waals surface area contributed by atoms with Crippen LogP contribution in [-0.4, -0.2) is 34.3 Å². The zero-order valence-electron chi connectivity index (χ0n) is 12.0. The minimum atomic E-state index is 0.481. The number of rotatable bonds is 7.